The average Bonchev–Trinajstić information content (AvgIpc) is 2.98. The topological polar surface area (TPSA) is 82.9 Å². The van der Waals surface area contributed by atoms with Gasteiger partial charge in [-0.25, -0.2) is 0 Å². The number of hydrogen-bond donors (Lipinski definition) is 1. The first kappa shape index (κ1) is 13.7. The Kier molecular flexibility index (Phi) is 3.22. The minimum atomic E-state index is -0.144. The molecule has 4 rings (SSSR count). The first-order valence-electron chi connectivity index (χ1n) is 7.54. The van der Waals surface area contributed by atoms with Gasteiger partial charge in [0.2, 0.25) is 5.95 Å². The largest absolute Gasteiger partial charge is 0.368 e. The zero-order valence-corrected chi connectivity index (χ0v) is 12.8. The summed E-state index contributed by atoms with van der Waals surface area (Å²) in [6, 6.07) is 4.02. The number of fused-ring (bicyclic) bond motifs is 1. The van der Waals surface area contributed by atoms with Crippen LogP contribution in [0.5, 0.6) is 0 Å². The van der Waals surface area contributed by atoms with Gasteiger partial charge in [-0.2, -0.15) is 10.1 Å². The number of aromatic nitrogens is 5. The summed E-state index contributed by atoms with van der Waals surface area (Å²) in [6.45, 7) is 3.34. The lowest BCUT2D eigenvalue weighted by Gasteiger charge is -2.36. The lowest BCUT2D eigenvalue weighted by molar-refractivity contribution is 0.639. The van der Waals surface area contributed by atoms with Crippen molar-refractivity contribution in [3.05, 3.63) is 41.1 Å². The standard InChI is InChI=1S/C15H17N7O/c1-20-13-12(10-17-20)14(23)19-15(18-13)22-8-6-21(7-9-22)11-2-4-16-5-3-11/h2-5,10H,6-9H2,1H3,(H,18,19,23). The summed E-state index contributed by atoms with van der Waals surface area (Å²) in [4.78, 5) is 28.0. The molecule has 8 heteroatoms. The predicted molar refractivity (Wildman–Crippen MR) is 87.8 cm³/mol. The van der Waals surface area contributed by atoms with Crippen molar-refractivity contribution in [1.29, 1.82) is 0 Å². The zero-order valence-electron chi connectivity index (χ0n) is 12.8. The van der Waals surface area contributed by atoms with Crippen LogP contribution in [0.15, 0.2) is 35.5 Å². The van der Waals surface area contributed by atoms with E-state index in [1.165, 1.54) is 5.69 Å². The van der Waals surface area contributed by atoms with Gasteiger partial charge in [-0.1, -0.05) is 0 Å². The second-order valence-corrected chi connectivity index (χ2v) is 5.57. The van der Waals surface area contributed by atoms with Gasteiger partial charge in [-0.05, 0) is 12.1 Å². The molecule has 3 aromatic rings. The summed E-state index contributed by atoms with van der Waals surface area (Å²) >= 11 is 0. The van der Waals surface area contributed by atoms with Crippen LogP contribution in [0.25, 0.3) is 11.0 Å². The highest BCUT2D eigenvalue weighted by Crippen LogP contribution is 2.17. The Labute approximate surface area is 132 Å². The van der Waals surface area contributed by atoms with Crippen molar-refractivity contribution < 1.29 is 0 Å². The molecule has 0 aliphatic carbocycles. The van der Waals surface area contributed by atoms with Crippen molar-refractivity contribution in [1.82, 2.24) is 24.7 Å². The Bertz CT molecular complexity index is 878. The molecular formula is C15H17N7O. The van der Waals surface area contributed by atoms with Crippen molar-refractivity contribution in [3.63, 3.8) is 0 Å². The lowest BCUT2D eigenvalue weighted by Crippen LogP contribution is -2.47. The van der Waals surface area contributed by atoms with Gasteiger partial charge in [0.25, 0.3) is 5.56 Å². The summed E-state index contributed by atoms with van der Waals surface area (Å²) in [5, 5.41) is 4.62. The molecule has 0 atom stereocenters. The highest BCUT2D eigenvalue weighted by atomic mass is 16.1. The Morgan fingerprint density at radius 1 is 1.09 bits per heavy atom. The fourth-order valence-corrected chi connectivity index (χ4v) is 2.90. The third kappa shape index (κ3) is 2.41. The molecule has 3 aromatic heterocycles. The number of aromatic amines is 1. The molecule has 23 heavy (non-hydrogen) atoms. The van der Waals surface area contributed by atoms with Gasteiger partial charge in [0, 0.05) is 51.3 Å². The van der Waals surface area contributed by atoms with Crippen LogP contribution in [0.4, 0.5) is 11.6 Å². The van der Waals surface area contributed by atoms with Crippen molar-refractivity contribution in [2.24, 2.45) is 7.05 Å². The van der Waals surface area contributed by atoms with E-state index in [0.717, 1.165) is 26.2 Å². The minimum Gasteiger partial charge on any atom is -0.368 e. The number of nitrogens with one attached hydrogen (secondary N) is 1. The Balaban J connectivity index is 1.57. The maximum atomic E-state index is 12.1. The van der Waals surface area contributed by atoms with E-state index in [9.17, 15) is 4.79 Å². The molecule has 0 bridgehead atoms. The van der Waals surface area contributed by atoms with Gasteiger partial charge < -0.3 is 9.80 Å². The fourth-order valence-electron chi connectivity index (χ4n) is 2.90. The number of H-pyrrole nitrogens is 1. The highest BCUT2D eigenvalue weighted by molar-refractivity contribution is 5.74. The second kappa shape index (κ2) is 5.38. The molecule has 1 aliphatic rings. The molecule has 0 amide bonds. The Morgan fingerprint density at radius 2 is 1.78 bits per heavy atom. The third-order valence-electron chi connectivity index (χ3n) is 4.20. The molecular weight excluding hydrogens is 294 g/mol. The second-order valence-electron chi connectivity index (χ2n) is 5.57. The predicted octanol–water partition coefficient (Wildman–Crippen LogP) is 0.378. The number of nitrogens with zero attached hydrogens (tertiary/aromatic N) is 6. The first-order chi connectivity index (χ1) is 11.2. The van der Waals surface area contributed by atoms with Crippen molar-refractivity contribution >= 4 is 22.7 Å². The molecule has 1 N–H and O–H groups in total. The quantitative estimate of drug-likeness (QED) is 0.736. The molecule has 118 valence electrons. The number of aryl methyl sites for hydroxylation is 1. The lowest BCUT2D eigenvalue weighted by atomic mass is 10.3. The zero-order chi connectivity index (χ0) is 15.8. The van der Waals surface area contributed by atoms with Crippen LogP contribution in [0.1, 0.15) is 0 Å². The van der Waals surface area contributed by atoms with Crippen LogP contribution in [0, 0.1) is 0 Å². The summed E-state index contributed by atoms with van der Waals surface area (Å²) in [5.41, 5.74) is 1.64. The monoisotopic (exact) mass is 311 g/mol. The van der Waals surface area contributed by atoms with Crippen molar-refractivity contribution in [3.8, 4) is 0 Å². The van der Waals surface area contributed by atoms with Gasteiger partial charge in [0.1, 0.15) is 5.39 Å². The van der Waals surface area contributed by atoms with E-state index in [1.54, 1.807) is 30.3 Å². The number of piperazine rings is 1. The van der Waals surface area contributed by atoms with Crippen LogP contribution in [0.3, 0.4) is 0 Å². The van der Waals surface area contributed by atoms with E-state index in [1.807, 2.05) is 12.1 Å². The van der Waals surface area contributed by atoms with Crippen LogP contribution in [-0.4, -0.2) is 50.9 Å². The summed E-state index contributed by atoms with van der Waals surface area (Å²) in [5.74, 6) is 0.612. The van der Waals surface area contributed by atoms with Crippen LogP contribution in [-0.2, 0) is 7.05 Å². The maximum Gasteiger partial charge on any atom is 0.263 e. The van der Waals surface area contributed by atoms with Crippen molar-refractivity contribution in [2.45, 2.75) is 0 Å². The number of rotatable bonds is 2. The smallest absolute Gasteiger partial charge is 0.263 e. The van der Waals surface area contributed by atoms with Crippen molar-refractivity contribution in [2.75, 3.05) is 36.0 Å². The molecule has 4 heterocycles. The number of hydrogen-bond acceptors (Lipinski definition) is 6. The molecule has 0 spiro atoms. The molecule has 0 aromatic carbocycles. The van der Waals surface area contributed by atoms with E-state index in [2.05, 4.69) is 29.9 Å². The molecule has 1 fully saturated rings. The molecule has 0 saturated carbocycles. The van der Waals surface area contributed by atoms with E-state index in [-0.39, 0.29) is 5.56 Å². The Morgan fingerprint density at radius 3 is 2.52 bits per heavy atom. The molecule has 1 aliphatic heterocycles. The van der Waals surface area contributed by atoms with E-state index in [4.69, 9.17) is 0 Å². The third-order valence-corrected chi connectivity index (χ3v) is 4.20. The summed E-state index contributed by atoms with van der Waals surface area (Å²) in [7, 11) is 1.79. The normalized spacial score (nSPS) is 15.3. The highest BCUT2D eigenvalue weighted by Gasteiger charge is 2.20. The van der Waals surface area contributed by atoms with E-state index in [0.29, 0.717) is 17.0 Å². The van der Waals surface area contributed by atoms with Gasteiger partial charge >= 0.3 is 0 Å². The summed E-state index contributed by atoms with van der Waals surface area (Å²) in [6.07, 6.45) is 5.15. The molecule has 0 radical (unpaired) electrons. The van der Waals surface area contributed by atoms with Crippen LogP contribution >= 0.6 is 0 Å². The maximum absolute atomic E-state index is 12.1. The van der Waals surface area contributed by atoms with E-state index < -0.39 is 0 Å². The van der Waals surface area contributed by atoms with Crippen LogP contribution in [0.2, 0.25) is 0 Å². The van der Waals surface area contributed by atoms with Gasteiger partial charge in [-0.3, -0.25) is 19.4 Å². The Hall–Kier alpha value is -2.90. The van der Waals surface area contributed by atoms with Gasteiger partial charge in [-0.15, -0.1) is 0 Å². The first-order valence-corrected chi connectivity index (χ1v) is 7.54. The summed E-state index contributed by atoms with van der Waals surface area (Å²) < 4.78 is 1.63. The van der Waals surface area contributed by atoms with Crippen LogP contribution < -0.4 is 15.4 Å². The average molecular weight is 311 g/mol. The molecule has 0 unspecified atom stereocenters. The molecule has 1 saturated heterocycles. The van der Waals surface area contributed by atoms with Gasteiger partial charge in [0.05, 0.1) is 6.20 Å². The fraction of sp³-hybridized carbons (Fsp3) is 0.333. The van der Waals surface area contributed by atoms with Gasteiger partial charge in [0.15, 0.2) is 5.65 Å². The SMILES string of the molecule is Cn1ncc2c(=O)[nH]c(N3CCN(c4ccncc4)CC3)nc21. The minimum absolute atomic E-state index is 0.144. The number of anilines is 2. The van der Waals surface area contributed by atoms with E-state index >= 15 is 0 Å². The number of pyridine rings is 1. The molecule has 8 nitrogen and oxygen atoms in total.